The Hall–Kier alpha value is -3.27. The molecule has 1 aliphatic rings. The maximum Gasteiger partial charge on any atom is 0.271 e. The number of hydrogen-bond donors (Lipinski definition) is 1. The van der Waals surface area contributed by atoms with Crippen molar-refractivity contribution in [3.63, 3.8) is 0 Å². The summed E-state index contributed by atoms with van der Waals surface area (Å²) < 4.78 is 16.1. The summed E-state index contributed by atoms with van der Waals surface area (Å²) in [4.78, 5) is 22.9. The molecule has 0 atom stereocenters. The van der Waals surface area contributed by atoms with Crippen LogP contribution < -0.4 is 5.32 Å². The van der Waals surface area contributed by atoms with Gasteiger partial charge >= 0.3 is 0 Å². The molecule has 1 saturated carbocycles. The van der Waals surface area contributed by atoms with Crippen molar-refractivity contribution in [2.75, 3.05) is 11.1 Å². The van der Waals surface area contributed by atoms with Gasteiger partial charge in [0.1, 0.15) is 5.82 Å². The first-order chi connectivity index (χ1) is 14.4. The Morgan fingerprint density at radius 3 is 2.77 bits per heavy atom. The van der Waals surface area contributed by atoms with Crippen LogP contribution in [0.5, 0.6) is 0 Å². The van der Waals surface area contributed by atoms with E-state index in [9.17, 15) is 19.3 Å². The van der Waals surface area contributed by atoms with Crippen molar-refractivity contribution in [2.45, 2.75) is 31.0 Å². The van der Waals surface area contributed by atoms with Crippen LogP contribution in [0.1, 0.15) is 24.4 Å². The van der Waals surface area contributed by atoms with Crippen LogP contribution in [0.4, 0.5) is 15.8 Å². The lowest BCUT2D eigenvalue weighted by Gasteiger charge is -2.10. The average molecular weight is 427 g/mol. The molecule has 4 rings (SSSR count). The number of aromatic nitrogens is 3. The van der Waals surface area contributed by atoms with E-state index >= 15 is 0 Å². The second kappa shape index (κ2) is 8.23. The molecular formula is C20H18FN5O3S. The summed E-state index contributed by atoms with van der Waals surface area (Å²) in [7, 11) is 0. The number of amides is 1. The maximum absolute atomic E-state index is 14.2. The first kappa shape index (κ1) is 20.0. The van der Waals surface area contributed by atoms with Gasteiger partial charge in [-0.3, -0.25) is 19.5 Å². The van der Waals surface area contributed by atoms with E-state index < -0.39 is 4.92 Å². The number of nitro benzene ring substituents is 1. The summed E-state index contributed by atoms with van der Waals surface area (Å²) >= 11 is 1.20. The standard InChI is InChI=1S/C20H18FN5O3S/c1-12-6-7-14(26(28)29)10-17(12)22-18(27)11-30-20-24-23-19(25(20)13-8-9-13)15-4-2-3-5-16(15)21/h2-7,10,13H,8-9,11H2,1H3,(H,22,27). The van der Waals surface area contributed by atoms with Crippen LogP contribution in [-0.2, 0) is 4.79 Å². The maximum atomic E-state index is 14.2. The quantitative estimate of drug-likeness (QED) is 0.341. The van der Waals surface area contributed by atoms with E-state index in [-0.39, 0.29) is 29.2 Å². The molecule has 1 aliphatic carbocycles. The van der Waals surface area contributed by atoms with Crippen molar-refractivity contribution >= 4 is 29.0 Å². The zero-order valence-electron chi connectivity index (χ0n) is 16.0. The summed E-state index contributed by atoms with van der Waals surface area (Å²) in [5, 5.41) is 22.5. The molecule has 3 aromatic rings. The topological polar surface area (TPSA) is 103 Å². The van der Waals surface area contributed by atoms with Crippen LogP contribution in [0.3, 0.4) is 0 Å². The van der Waals surface area contributed by atoms with Gasteiger partial charge in [-0.2, -0.15) is 0 Å². The van der Waals surface area contributed by atoms with Crippen LogP contribution >= 0.6 is 11.8 Å². The van der Waals surface area contributed by atoms with Crippen LogP contribution in [0.2, 0.25) is 0 Å². The Bertz CT molecular complexity index is 1130. The Kier molecular flexibility index (Phi) is 5.49. The van der Waals surface area contributed by atoms with Crippen molar-refractivity contribution in [2.24, 2.45) is 0 Å². The number of non-ortho nitro benzene ring substituents is 1. The summed E-state index contributed by atoms with van der Waals surface area (Å²) in [6.45, 7) is 1.76. The zero-order chi connectivity index (χ0) is 21.3. The van der Waals surface area contributed by atoms with E-state index in [1.807, 2.05) is 4.57 Å². The minimum Gasteiger partial charge on any atom is -0.325 e. The fourth-order valence-corrected chi connectivity index (χ4v) is 3.84. The van der Waals surface area contributed by atoms with E-state index in [1.165, 1.54) is 30.0 Å². The van der Waals surface area contributed by atoms with E-state index in [1.54, 1.807) is 31.2 Å². The molecule has 0 unspecified atom stereocenters. The van der Waals surface area contributed by atoms with Gasteiger partial charge in [-0.05, 0) is 37.5 Å². The predicted molar refractivity (Wildman–Crippen MR) is 111 cm³/mol. The molecule has 30 heavy (non-hydrogen) atoms. The van der Waals surface area contributed by atoms with Crippen LogP contribution in [0.25, 0.3) is 11.4 Å². The van der Waals surface area contributed by atoms with E-state index in [0.29, 0.717) is 22.2 Å². The fraction of sp³-hybridized carbons (Fsp3) is 0.250. The van der Waals surface area contributed by atoms with Gasteiger partial charge in [-0.15, -0.1) is 10.2 Å². The number of nitro groups is 1. The number of nitrogens with zero attached hydrogens (tertiary/aromatic N) is 4. The molecule has 10 heteroatoms. The van der Waals surface area contributed by atoms with Crippen molar-refractivity contribution in [1.82, 2.24) is 14.8 Å². The molecule has 1 amide bonds. The Morgan fingerprint density at radius 2 is 2.07 bits per heavy atom. The Balaban J connectivity index is 1.50. The van der Waals surface area contributed by atoms with Crippen molar-refractivity contribution < 1.29 is 14.1 Å². The van der Waals surface area contributed by atoms with E-state index in [2.05, 4.69) is 15.5 Å². The monoisotopic (exact) mass is 427 g/mol. The predicted octanol–water partition coefficient (Wildman–Crippen LogP) is 4.37. The largest absolute Gasteiger partial charge is 0.325 e. The normalized spacial score (nSPS) is 13.3. The summed E-state index contributed by atoms with van der Waals surface area (Å²) in [6, 6.07) is 10.9. The smallest absolute Gasteiger partial charge is 0.271 e. The van der Waals surface area contributed by atoms with E-state index in [0.717, 1.165) is 18.4 Å². The molecule has 0 saturated heterocycles. The minimum atomic E-state index is -0.508. The highest BCUT2D eigenvalue weighted by molar-refractivity contribution is 7.99. The summed E-state index contributed by atoms with van der Waals surface area (Å²) in [5.41, 5.74) is 1.40. The van der Waals surface area contributed by atoms with Gasteiger partial charge in [-0.1, -0.05) is 30.0 Å². The average Bonchev–Trinajstić information content (AvgIpc) is 3.47. The molecule has 0 radical (unpaired) electrons. The number of thioether (sulfide) groups is 1. The van der Waals surface area contributed by atoms with E-state index in [4.69, 9.17) is 0 Å². The number of carbonyl (C=O) groups is 1. The summed E-state index contributed by atoms with van der Waals surface area (Å²) in [5.74, 6) is -0.193. The van der Waals surface area contributed by atoms with Crippen molar-refractivity contribution in [3.8, 4) is 11.4 Å². The second-order valence-electron chi connectivity index (χ2n) is 6.98. The third kappa shape index (κ3) is 4.18. The number of aryl methyl sites for hydroxylation is 1. The third-order valence-electron chi connectivity index (χ3n) is 4.73. The van der Waals surface area contributed by atoms with Crippen molar-refractivity contribution in [3.05, 3.63) is 64.0 Å². The molecule has 0 aliphatic heterocycles. The lowest BCUT2D eigenvalue weighted by Crippen LogP contribution is -2.15. The van der Waals surface area contributed by atoms with Crippen molar-refractivity contribution in [1.29, 1.82) is 0 Å². The second-order valence-corrected chi connectivity index (χ2v) is 7.92. The number of benzene rings is 2. The number of halogens is 1. The molecule has 8 nitrogen and oxygen atoms in total. The van der Waals surface area contributed by atoms with Gasteiger partial charge in [-0.25, -0.2) is 4.39 Å². The molecule has 154 valence electrons. The number of anilines is 1. The van der Waals surface area contributed by atoms with Gasteiger partial charge in [0.2, 0.25) is 5.91 Å². The third-order valence-corrected chi connectivity index (χ3v) is 5.67. The molecular weight excluding hydrogens is 409 g/mol. The Labute approximate surface area is 175 Å². The fourth-order valence-electron chi connectivity index (χ4n) is 3.04. The molecule has 1 N–H and O–H groups in total. The molecule has 1 fully saturated rings. The summed E-state index contributed by atoms with van der Waals surface area (Å²) in [6.07, 6.45) is 1.90. The first-order valence-electron chi connectivity index (χ1n) is 9.31. The highest BCUT2D eigenvalue weighted by Gasteiger charge is 2.31. The molecule has 1 aromatic heterocycles. The number of rotatable bonds is 7. The molecule has 0 bridgehead atoms. The SMILES string of the molecule is Cc1ccc([N+](=O)[O-])cc1NC(=O)CSc1nnc(-c2ccccc2F)n1C1CC1. The van der Waals surface area contributed by atoms with Gasteiger partial charge in [0.25, 0.3) is 5.69 Å². The van der Waals surface area contributed by atoms with Gasteiger partial charge in [0.15, 0.2) is 11.0 Å². The number of carbonyl (C=O) groups excluding carboxylic acids is 1. The van der Waals surface area contributed by atoms with Gasteiger partial charge in [0.05, 0.1) is 21.9 Å². The van der Waals surface area contributed by atoms with Crippen LogP contribution in [-0.4, -0.2) is 31.3 Å². The molecule has 1 heterocycles. The molecule has 2 aromatic carbocycles. The minimum absolute atomic E-state index is 0.0459. The first-order valence-corrected chi connectivity index (χ1v) is 10.3. The van der Waals surface area contributed by atoms with Crippen LogP contribution in [0, 0.1) is 22.9 Å². The zero-order valence-corrected chi connectivity index (χ0v) is 16.9. The number of hydrogen-bond acceptors (Lipinski definition) is 6. The highest BCUT2D eigenvalue weighted by atomic mass is 32.2. The van der Waals surface area contributed by atoms with Crippen LogP contribution in [0.15, 0.2) is 47.6 Å². The molecule has 0 spiro atoms. The lowest BCUT2D eigenvalue weighted by molar-refractivity contribution is -0.384. The lowest BCUT2D eigenvalue weighted by atomic mass is 10.2. The highest BCUT2D eigenvalue weighted by Crippen LogP contribution is 2.41. The van der Waals surface area contributed by atoms with Gasteiger partial charge < -0.3 is 5.32 Å². The number of nitrogens with one attached hydrogen (secondary N) is 1. The van der Waals surface area contributed by atoms with Gasteiger partial charge in [0, 0.05) is 18.2 Å². The Morgan fingerprint density at radius 1 is 1.30 bits per heavy atom.